The van der Waals surface area contributed by atoms with E-state index in [-0.39, 0.29) is 17.4 Å². The fourth-order valence-corrected chi connectivity index (χ4v) is 1.33. The highest BCUT2D eigenvalue weighted by atomic mass is 16.5. The summed E-state index contributed by atoms with van der Waals surface area (Å²) in [6.45, 7) is 7.57. The minimum Gasteiger partial charge on any atom is -0.477 e. The molecule has 1 amide bonds. The van der Waals surface area contributed by atoms with Gasteiger partial charge in [-0.2, -0.15) is 5.10 Å². The fraction of sp³-hybridized carbons (Fsp3) is 0.500. The van der Waals surface area contributed by atoms with Gasteiger partial charge < -0.3 is 15.6 Å². The quantitative estimate of drug-likeness (QED) is 0.794. The van der Waals surface area contributed by atoms with Gasteiger partial charge in [-0.05, 0) is 19.8 Å². The second-order valence-electron chi connectivity index (χ2n) is 5.72. The lowest BCUT2D eigenvalue weighted by Gasteiger charge is -2.15. The Morgan fingerprint density at radius 2 is 2.14 bits per heavy atom. The van der Waals surface area contributed by atoms with Gasteiger partial charge >= 0.3 is 5.97 Å². The first kappa shape index (κ1) is 16.7. The van der Waals surface area contributed by atoms with Gasteiger partial charge in [0.05, 0.1) is 18.2 Å². The fourth-order valence-electron chi connectivity index (χ4n) is 1.33. The van der Waals surface area contributed by atoms with Crippen molar-refractivity contribution in [1.29, 1.82) is 0 Å². The summed E-state index contributed by atoms with van der Waals surface area (Å²) >= 11 is 0. The summed E-state index contributed by atoms with van der Waals surface area (Å²) in [4.78, 5) is 22.4. The van der Waals surface area contributed by atoms with Crippen molar-refractivity contribution in [2.75, 3.05) is 6.61 Å². The van der Waals surface area contributed by atoms with E-state index in [4.69, 9.17) is 15.6 Å². The molecule has 1 heterocycles. The predicted molar refractivity (Wildman–Crippen MR) is 77.8 cm³/mol. The first-order valence-electron chi connectivity index (χ1n) is 6.58. The van der Waals surface area contributed by atoms with Crippen LogP contribution in [0.4, 0.5) is 0 Å². The Bertz CT molecular complexity index is 559. The normalized spacial score (nSPS) is 12.0. The van der Waals surface area contributed by atoms with E-state index < -0.39 is 17.3 Å². The first-order chi connectivity index (χ1) is 9.65. The Labute approximate surface area is 123 Å². The van der Waals surface area contributed by atoms with Crippen molar-refractivity contribution in [3.05, 3.63) is 17.8 Å². The van der Waals surface area contributed by atoms with Gasteiger partial charge in [0.2, 0.25) is 11.8 Å². The molecule has 0 unspecified atom stereocenters. The molecule has 3 N–H and O–H groups in total. The number of hydrogen-bond donors (Lipinski definition) is 2. The predicted octanol–water partition coefficient (Wildman–Crippen LogP) is 1.60. The highest BCUT2D eigenvalue weighted by molar-refractivity contribution is 5.90. The van der Waals surface area contributed by atoms with E-state index in [1.807, 2.05) is 13.8 Å². The van der Waals surface area contributed by atoms with Crippen molar-refractivity contribution >= 4 is 18.1 Å². The highest BCUT2D eigenvalue weighted by Gasteiger charge is 2.22. The third kappa shape index (κ3) is 4.34. The van der Waals surface area contributed by atoms with Gasteiger partial charge in [-0.15, -0.1) is 0 Å². The number of aromatic nitrogens is 2. The van der Waals surface area contributed by atoms with Crippen LogP contribution in [0.5, 0.6) is 5.88 Å². The van der Waals surface area contributed by atoms with Crippen LogP contribution >= 0.6 is 0 Å². The lowest BCUT2D eigenvalue weighted by molar-refractivity contribution is -0.123. The van der Waals surface area contributed by atoms with Gasteiger partial charge in [0, 0.05) is 6.20 Å². The third-order valence-electron chi connectivity index (χ3n) is 2.80. The van der Waals surface area contributed by atoms with Crippen LogP contribution in [0.3, 0.4) is 0 Å². The summed E-state index contributed by atoms with van der Waals surface area (Å²) < 4.78 is 6.80. The lowest BCUT2D eigenvalue weighted by atomic mass is 9.93. The van der Waals surface area contributed by atoms with Crippen LogP contribution in [-0.4, -0.2) is 33.4 Å². The number of nitrogens with zero attached hydrogens (tertiary/aromatic N) is 2. The smallest absolute Gasteiger partial charge is 0.342 e. The maximum atomic E-state index is 11.3. The van der Waals surface area contributed by atoms with Crippen LogP contribution in [0.15, 0.2) is 12.3 Å². The molecule has 0 saturated carbocycles. The van der Waals surface area contributed by atoms with E-state index in [1.165, 1.54) is 17.1 Å². The van der Waals surface area contributed by atoms with Crippen LogP contribution < -0.4 is 10.5 Å². The molecule has 116 valence electrons. The molecule has 0 radical (unpaired) electrons. The largest absolute Gasteiger partial charge is 0.477 e. The molecular formula is C14H21N3O4. The summed E-state index contributed by atoms with van der Waals surface area (Å²) in [5, 5.41) is 13.1. The summed E-state index contributed by atoms with van der Waals surface area (Å²) in [5.41, 5.74) is 4.38. The number of nitrogens with two attached hydrogens (primary N) is 1. The number of carboxylic acid groups (broad SMARTS) is 1. The standard InChI is InChI=1S/C14H21N3O4/c1-9(2)8-21-11-10(12(18)19)7-16-17(11)6-5-14(3,4)13(15)20/h5-7,9H,8H2,1-4H3,(H2,15,20)(H,18,19). The van der Waals surface area contributed by atoms with Gasteiger partial charge in [-0.1, -0.05) is 19.9 Å². The number of rotatable bonds is 7. The molecule has 21 heavy (non-hydrogen) atoms. The van der Waals surface area contributed by atoms with Crippen molar-refractivity contribution in [1.82, 2.24) is 9.78 Å². The molecule has 0 bridgehead atoms. The SMILES string of the molecule is CC(C)COc1c(C(=O)O)cnn1C=CC(C)(C)C(N)=O. The zero-order chi connectivity index (χ0) is 16.2. The summed E-state index contributed by atoms with van der Waals surface area (Å²) in [6.07, 6.45) is 4.24. The van der Waals surface area contributed by atoms with E-state index >= 15 is 0 Å². The molecule has 1 aromatic heterocycles. The zero-order valence-corrected chi connectivity index (χ0v) is 12.7. The van der Waals surface area contributed by atoms with Crippen LogP contribution in [0.2, 0.25) is 0 Å². The molecule has 7 heteroatoms. The van der Waals surface area contributed by atoms with Gasteiger partial charge in [0.1, 0.15) is 5.56 Å². The second kappa shape index (κ2) is 6.43. The molecule has 0 saturated heterocycles. The number of carbonyl (C=O) groups excluding carboxylic acids is 1. The molecule has 0 aliphatic carbocycles. The number of ether oxygens (including phenoxy) is 1. The highest BCUT2D eigenvalue weighted by Crippen LogP contribution is 2.22. The number of aromatic carboxylic acids is 1. The summed E-state index contributed by atoms with van der Waals surface area (Å²) in [7, 11) is 0. The number of carbonyl (C=O) groups is 2. The lowest BCUT2D eigenvalue weighted by Crippen LogP contribution is -2.29. The average molecular weight is 295 g/mol. The van der Waals surface area contributed by atoms with Gasteiger partial charge in [-0.25, -0.2) is 9.48 Å². The van der Waals surface area contributed by atoms with Gasteiger partial charge in [-0.3, -0.25) is 4.79 Å². The van der Waals surface area contributed by atoms with Crippen molar-refractivity contribution in [2.45, 2.75) is 27.7 Å². The summed E-state index contributed by atoms with van der Waals surface area (Å²) in [5.74, 6) is -1.25. The Morgan fingerprint density at radius 1 is 1.52 bits per heavy atom. The van der Waals surface area contributed by atoms with Gasteiger partial charge in [0.15, 0.2) is 0 Å². The van der Waals surface area contributed by atoms with Crippen molar-refractivity contribution in [3.8, 4) is 5.88 Å². The van der Waals surface area contributed by atoms with E-state index in [0.29, 0.717) is 6.61 Å². The minimum atomic E-state index is -1.12. The van der Waals surface area contributed by atoms with Gasteiger partial charge in [0.25, 0.3) is 0 Å². The average Bonchev–Trinajstić information content (AvgIpc) is 2.76. The Balaban J connectivity index is 3.09. The number of amides is 1. The molecule has 1 rings (SSSR count). The van der Waals surface area contributed by atoms with E-state index in [2.05, 4.69) is 5.10 Å². The van der Waals surface area contributed by atoms with Crippen LogP contribution in [0.1, 0.15) is 38.1 Å². The number of carboxylic acids is 1. The summed E-state index contributed by atoms with van der Waals surface area (Å²) in [6, 6.07) is 0. The molecular weight excluding hydrogens is 274 g/mol. The molecule has 0 spiro atoms. The minimum absolute atomic E-state index is 0.0304. The van der Waals surface area contributed by atoms with E-state index in [1.54, 1.807) is 19.9 Å². The maximum absolute atomic E-state index is 11.3. The van der Waals surface area contributed by atoms with Crippen molar-refractivity contribution in [3.63, 3.8) is 0 Å². The Hall–Kier alpha value is -2.31. The van der Waals surface area contributed by atoms with Crippen molar-refractivity contribution < 1.29 is 19.4 Å². The van der Waals surface area contributed by atoms with E-state index in [0.717, 1.165) is 0 Å². The molecule has 0 aliphatic heterocycles. The molecule has 0 aromatic carbocycles. The Morgan fingerprint density at radius 3 is 2.62 bits per heavy atom. The second-order valence-corrected chi connectivity index (χ2v) is 5.72. The molecule has 0 atom stereocenters. The third-order valence-corrected chi connectivity index (χ3v) is 2.80. The zero-order valence-electron chi connectivity index (χ0n) is 12.7. The Kier molecular flexibility index (Phi) is 5.12. The van der Waals surface area contributed by atoms with Crippen LogP contribution in [0.25, 0.3) is 6.20 Å². The number of primary amides is 1. The molecule has 7 nitrogen and oxygen atoms in total. The van der Waals surface area contributed by atoms with Crippen LogP contribution in [0, 0.1) is 11.3 Å². The number of hydrogen-bond acceptors (Lipinski definition) is 4. The van der Waals surface area contributed by atoms with Crippen LogP contribution in [-0.2, 0) is 4.79 Å². The van der Waals surface area contributed by atoms with E-state index in [9.17, 15) is 9.59 Å². The molecule has 0 fully saturated rings. The maximum Gasteiger partial charge on any atom is 0.342 e. The molecule has 1 aromatic rings. The topological polar surface area (TPSA) is 107 Å². The monoisotopic (exact) mass is 295 g/mol. The molecule has 0 aliphatic rings. The first-order valence-corrected chi connectivity index (χ1v) is 6.58. The van der Waals surface area contributed by atoms with Crippen molar-refractivity contribution in [2.24, 2.45) is 17.1 Å².